The molecule has 1 aromatic rings. The predicted molar refractivity (Wildman–Crippen MR) is 94.5 cm³/mol. The van der Waals surface area contributed by atoms with Crippen LogP contribution in [0.1, 0.15) is 23.6 Å². The summed E-state index contributed by atoms with van der Waals surface area (Å²) in [6.07, 6.45) is 3.96. The predicted octanol–water partition coefficient (Wildman–Crippen LogP) is 2.04. The van der Waals surface area contributed by atoms with E-state index in [-0.39, 0.29) is 0 Å². The molecule has 1 atom stereocenters. The zero-order chi connectivity index (χ0) is 15.9. The topological polar surface area (TPSA) is 27.7 Å². The molecule has 4 nitrogen and oxygen atoms in total. The highest BCUT2D eigenvalue weighted by molar-refractivity contribution is 5.26. The molecule has 126 valence electrons. The number of hydrogen-bond donors (Lipinski definition) is 1. The highest BCUT2D eigenvalue weighted by Gasteiger charge is 2.18. The molecule has 3 rings (SSSR count). The van der Waals surface area contributed by atoms with Crippen LogP contribution in [-0.4, -0.2) is 62.2 Å². The van der Waals surface area contributed by atoms with Gasteiger partial charge in [0.2, 0.25) is 0 Å². The fourth-order valence-corrected chi connectivity index (χ4v) is 3.28. The maximum absolute atomic E-state index is 5.21. The lowest BCUT2D eigenvalue weighted by Gasteiger charge is -2.34. The fourth-order valence-electron chi connectivity index (χ4n) is 3.28. The third-order valence-electron chi connectivity index (χ3n) is 5.03. The Kier molecular flexibility index (Phi) is 6.08. The van der Waals surface area contributed by atoms with E-state index in [0.29, 0.717) is 6.04 Å². The maximum Gasteiger partial charge on any atom is 0.0999 e. The Labute approximate surface area is 140 Å². The maximum atomic E-state index is 5.21. The van der Waals surface area contributed by atoms with Crippen LogP contribution in [0.4, 0.5) is 0 Å². The number of rotatable bonds is 8. The van der Waals surface area contributed by atoms with Crippen molar-refractivity contribution in [3.8, 4) is 0 Å². The van der Waals surface area contributed by atoms with E-state index in [0.717, 1.165) is 58.8 Å². The normalized spacial score (nSPS) is 22.5. The van der Waals surface area contributed by atoms with Gasteiger partial charge in [0.05, 0.1) is 12.9 Å². The Hall–Kier alpha value is -1.36. The number of hydrogen-bond acceptors (Lipinski definition) is 4. The van der Waals surface area contributed by atoms with E-state index in [2.05, 4.69) is 46.0 Å². The van der Waals surface area contributed by atoms with Gasteiger partial charge in [-0.25, -0.2) is 0 Å². The second-order valence-corrected chi connectivity index (χ2v) is 6.51. The zero-order valence-corrected chi connectivity index (χ0v) is 14.0. The van der Waals surface area contributed by atoms with E-state index in [1.54, 1.807) is 0 Å². The van der Waals surface area contributed by atoms with Gasteiger partial charge in [-0.15, -0.1) is 0 Å². The smallest absolute Gasteiger partial charge is 0.0999 e. The summed E-state index contributed by atoms with van der Waals surface area (Å²) in [6, 6.07) is 9.80. The molecular formula is C19H29N3O. The Bertz CT molecular complexity index is 476. The van der Waals surface area contributed by atoms with Crippen molar-refractivity contribution in [2.24, 2.45) is 0 Å². The standard InChI is InChI=1S/C19H29N3O/c1-2-23-16-15-22-13-11-21(12-14-22)10-8-17-3-5-18(6-4-17)19-7-9-20-19/h2-6,19-20H,1,7-16H2/t19-/m1/s1. The van der Waals surface area contributed by atoms with Gasteiger partial charge in [-0.2, -0.15) is 0 Å². The van der Waals surface area contributed by atoms with E-state index in [1.165, 1.54) is 23.8 Å². The number of nitrogens with zero attached hydrogens (tertiary/aromatic N) is 2. The van der Waals surface area contributed by atoms with Crippen LogP contribution < -0.4 is 5.32 Å². The summed E-state index contributed by atoms with van der Waals surface area (Å²) >= 11 is 0. The summed E-state index contributed by atoms with van der Waals surface area (Å²) in [6.45, 7) is 12.3. The van der Waals surface area contributed by atoms with Crippen molar-refractivity contribution in [1.29, 1.82) is 0 Å². The van der Waals surface area contributed by atoms with Crippen LogP contribution in [0, 0.1) is 0 Å². The molecule has 2 aliphatic rings. The van der Waals surface area contributed by atoms with Crippen molar-refractivity contribution in [3.63, 3.8) is 0 Å². The summed E-state index contributed by atoms with van der Waals surface area (Å²) in [4.78, 5) is 5.05. The van der Waals surface area contributed by atoms with E-state index in [1.807, 2.05) is 0 Å². The van der Waals surface area contributed by atoms with Crippen molar-refractivity contribution in [2.75, 3.05) is 52.4 Å². The van der Waals surface area contributed by atoms with E-state index >= 15 is 0 Å². The molecule has 0 unspecified atom stereocenters. The summed E-state index contributed by atoms with van der Waals surface area (Å²) in [5.74, 6) is 0. The van der Waals surface area contributed by atoms with Gasteiger partial charge in [-0.1, -0.05) is 30.8 Å². The van der Waals surface area contributed by atoms with Crippen molar-refractivity contribution in [1.82, 2.24) is 15.1 Å². The molecule has 4 heteroatoms. The molecule has 0 aromatic heterocycles. The molecule has 1 N–H and O–H groups in total. The van der Waals surface area contributed by atoms with Gasteiger partial charge in [0.1, 0.15) is 0 Å². The van der Waals surface area contributed by atoms with Crippen molar-refractivity contribution >= 4 is 0 Å². The minimum atomic E-state index is 0.599. The first kappa shape index (κ1) is 16.5. The molecule has 2 saturated heterocycles. The van der Waals surface area contributed by atoms with Gasteiger partial charge >= 0.3 is 0 Å². The monoisotopic (exact) mass is 315 g/mol. The highest BCUT2D eigenvalue weighted by Crippen LogP contribution is 2.22. The number of piperazine rings is 1. The second-order valence-electron chi connectivity index (χ2n) is 6.51. The number of nitrogens with one attached hydrogen (secondary N) is 1. The first-order chi connectivity index (χ1) is 11.3. The van der Waals surface area contributed by atoms with Gasteiger partial charge in [-0.05, 0) is 30.5 Å². The average molecular weight is 315 g/mol. The first-order valence-corrected chi connectivity index (χ1v) is 8.84. The van der Waals surface area contributed by atoms with Crippen LogP contribution in [0.15, 0.2) is 37.1 Å². The van der Waals surface area contributed by atoms with Crippen molar-refractivity contribution in [3.05, 3.63) is 48.2 Å². The number of ether oxygens (including phenoxy) is 1. The molecule has 1 aromatic carbocycles. The van der Waals surface area contributed by atoms with E-state index < -0.39 is 0 Å². The number of benzene rings is 1. The Balaban J connectivity index is 1.35. The quantitative estimate of drug-likeness (QED) is 0.587. The van der Waals surface area contributed by atoms with Crippen molar-refractivity contribution < 1.29 is 4.74 Å². The summed E-state index contributed by atoms with van der Waals surface area (Å²) < 4.78 is 5.21. The third kappa shape index (κ3) is 4.80. The molecule has 0 spiro atoms. The van der Waals surface area contributed by atoms with Gasteiger partial charge < -0.3 is 15.0 Å². The lowest BCUT2D eigenvalue weighted by molar-refractivity contribution is 0.108. The summed E-state index contributed by atoms with van der Waals surface area (Å²) in [5.41, 5.74) is 2.89. The summed E-state index contributed by atoms with van der Waals surface area (Å²) in [7, 11) is 0. The molecule has 2 heterocycles. The van der Waals surface area contributed by atoms with Crippen LogP contribution in [0.2, 0.25) is 0 Å². The molecule has 2 fully saturated rings. The van der Waals surface area contributed by atoms with Gasteiger partial charge in [-0.3, -0.25) is 4.90 Å². The Morgan fingerprint density at radius 1 is 1.09 bits per heavy atom. The Morgan fingerprint density at radius 3 is 2.30 bits per heavy atom. The molecule has 23 heavy (non-hydrogen) atoms. The van der Waals surface area contributed by atoms with Crippen LogP contribution in [0.3, 0.4) is 0 Å². The van der Waals surface area contributed by atoms with Crippen LogP contribution in [0.5, 0.6) is 0 Å². The SMILES string of the molecule is C=COCCN1CCN(CCc2ccc([C@H]3CCN3)cc2)CC1. The molecule has 0 radical (unpaired) electrons. The fraction of sp³-hybridized carbons (Fsp3) is 0.579. The van der Waals surface area contributed by atoms with Crippen molar-refractivity contribution in [2.45, 2.75) is 18.9 Å². The second kappa shape index (κ2) is 8.48. The molecule has 0 bridgehead atoms. The average Bonchev–Trinajstić information content (AvgIpc) is 2.54. The lowest BCUT2D eigenvalue weighted by Crippen LogP contribution is -2.47. The van der Waals surface area contributed by atoms with Crippen LogP contribution >= 0.6 is 0 Å². The lowest BCUT2D eigenvalue weighted by atomic mass is 9.96. The van der Waals surface area contributed by atoms with Crippen LogP contribution in [-0.2, 0) is 11.2 Å². The zero-order valence-electron chi connectivity index (χ0n) is 14.0. The molecule has 2 aliphatic heterocycles. The minimum absolute atomic E-state index is 0.599. The van der Waals surface area contributed by atoms with Gasteiger partial charge in [0.15, 0.2) is 0 Å². The van der Waals surface area contributed by atoms with Gasteiger partial charge in [0.25, 0.3) is 0 Å². The van der Waals surface area contributed by atoms with E-state index in [4.69, 9.17) is 4.74 Å². The molecule has 0 amide bonds. The summed E-state index contributed by atoms with van der Waals surface area (Å²) in [5, 5.41) is 3.46. The van der Waals surface area contributed by atoms with Gasteiger partial charge in [0, 0.05) is 45.3 Å². The highest BCUT2D eigenvalue weighted by atomic mass is 16.5. The molecular weight excluding hydrogens is 286 g/mol. The van der Waals surface area contributed by atoms with E-state index in [9.17, 15) is 0 Å². The molecule has 0 aliphatic carbocycles. The Morgan fingerprint density at radius 2 is 1.74 bits per heavy atom. The third-order valence-corrected chi connectivity index (χ3v) is 5.03. The molecule has 0 saturated carbocycles. The largest absolute Gasteiger partial charge is 0.500 e. The van der Waals surface area contributed by atoms with Crippen LogP contribution in [0.25, 0.3) is 0 Å². The minimum Gasteiger partial charge on any atom is -0.500 e. The first-order valence-electron chi connectivity index (χ1n) is 8.84.